The molecule has 0 radical (unpaired) electrons. The average Bonchev–Trinajstić information content (AvgIpc) is 3.48. The minimum absolute atomic E-state index is 0.210. The minimum Gasteiger partial charge on any atom is -0.475 e. The summed E-state index contributed by atoms with van der Waals surface area (Å²) in [7, 11) is 0. The summed E-state index contributed by atoms with van der Waals surface area (Å²) in [6.07, 6.45) is -3.64. The summed E-state index contributed by atoms with van der Waals surface area (Å²) in [6.45, 7) is 4.00. The van der Waals surface area contributed by atoms with E-state index in [2.05, 4.69) is 25.5 Å². The number of nitrogens with zero attached hydrogens (tertiary/aromatic N) is 4. The first-order chi connectivity index (χ1) is 19.1. The highest BCUT2D eigenvalue weighted by atomic mass is 19.4. The van der Waals surface area contributed by atoms with E-state index in [1.54, 1.807) is 18.3 Å². The smallest absolute Gasteiger partial charge is 0.475 e. The predicted octanol–water partition coefficient (Wildman–Crippen LogP) is 4.53. The van der Waals surface area contributed by atoms with Gasteiger partial charge >= 0.3 is 24.3 Å². The fourth-order valence-electron chi connectivity index (χ4n) is 4.19. The Balaban J connectivity index is 0.000000276. The number of alkyl halides is 6. The highest BCUT2D eigenvalue weighted by molar-refractivity contribution is 5.73. The number of carboxylic acids is 2. The molecule has 0 amide bonds. The molecule has 2 aromatic heterocycles. The maximum absolute atomic E-state index is 13.7. The second kappa shape index (κ2) is 12.6. The lowest BCUT2D eigenvalue weighted by Gasteiger charge is -2.35. The molecule has 1 spiro atoms. The number of likely N-dealkylation sites (tertiary alicyclic amines) is 1. The quantitative estimate of drug-likeness (QED) is 0.427. The third-order valence-electron chi connectivity index (χ3n) is 6.02. The molecule has 2 N–H and O–H groups in total. The molecule has 0 aliphatic carbocycles. The largest absolute Gasteiger partial charge is 0.490 e. The van der Waals surface area contributed by atoms with E-state index in [1.165, 1.54) is 11.6 Å². The number of rotatable bonds is 3. The molecule has 9 nitrogen and oxygen atoms in total. The van der Waals surface area contributed by atoms with Crippen molar-refractivity contribution in [2.75, 3.05) is 13.1 Å². The first-order valence-corrected chi connectivity index (χ1v) is 11.8. The Bertz CT molecular complexity index is 1320. The summed E-state index contributed by atoms with van der Waals surface area (Å²) in [4.78, 5) is 28.9. The van der Waals surface area contributed by atoms with Gasteiger partial charge in [0, 0.05) is 37.6 Å². The number of aromatic nitrogens is 3. The number of imidazole rings is 1. The highest BCUT2D eigenvalue weighted by Gasteiger charge is 2.43. The molecule has 16 heteroatoms. The maximum atomic E-state index is 13.7. The standard InChI is InChI=1S/C21H21FN4O.2C2HF3O2/c22-18-5-1-4-17(9-18)19-11-24-20-13-27-21(15-26(19)20)6-8-25(14-21)12-16-3-2-7-23-10-16;2*3-2(4,5)1(6)7/h1-5,7,9-11H,6,8,12-15H2;2*(H,6,7). The predicted molar refractivity (Wildman–Crippen MR) is 127 cm³/mol. The first-order valence-electron chi connectivity index (χ1n) is 11.8. The van der Waals surface area contributed by atoms with Crippen LogP contribution in [0.4, 0.5) is 30.7 Å². The van der Waals surface area contributed by atoms with Crippen molar-refractivity contribution in [2.24, 2.45) is 0 Å². The molecule has 2 aliphatic rings. The van der Waals surface area contributed by atoms with Gasteiger partial charge in [-0.2, -0.15) is 26.3 Å². The molecule has 0 bridgehead atoms. The van der Waals surface area contributed by atoms with Gasteiger partial charge in [-0.1, -0.05) is 18.2 Å². The van der Waals surface area contributed by atoms with Crippen LogP contribution in [0.5, 0.6) is 0 Å². The zero-order valence-corrected chi connectivity index (χ0v) is 21.0. The zero-order chi connectivity index (χ0) is 30.4. The molecule has 1 atom stereocenters. The Morgan fingerprint density at radius 3 is 2.20 bits per heavy atom. The Hall–Kier alpha value is -4.05. The lowest BCUT2D eigenvalue weighted by atomic mass is 10.0. The van der Waals surface area contributed by atoms with E-state index >= 15 is 0 Å². The summed E-state index contributed by atoms with van der Waals surface area (Å²) in [5.41, 5.74) is 2.82. The van der Waals surface area contributed by atoms with Crippen molar-refractivity contribution in [3.05, 3.63) is 72.2 Å². The van der Waals surface area contributed by atoms with E-state index < -0.39 is 24.3 Å². The van der Waals surface area contributed by atoms with Crippen molar-refractivity contribution >= 4 is 11.9 Å². The van der Waals surface area contributed by atoms with Crippen LogP contribution in [0.2, 0.25) is 0 Å². The highest BCUT2D eigenvalue weighted by Crippen LogP contribution is 2.35. The summed E-state index contributed by atoms with van der Waals surface area (Å²) in [5, 5.41) is 14.2. The second-order valence-electron chi connectivity index (χ2n) is 9.06. The number of carbonyl (C=O) groups is 2. The molecular weight excluding hydrogens is 569 g/mol. The summed E-state index contributed by atoms with van der Waals surface area (Å²) in [5.74, 6) is -4.83. The molecular formula is C25H23F7N4O5. The van der Waals surface area contributed by atoms with Crippen LogP contribution in [-0.2, 0) is 34.0 Å². The summed E-state index contributed by atoms with van der Waals surface area (Å²) < 4.78 is 85.6. The molecule has 1 aromatic carbocycles. The molecule has 0 saturated carbocycles. The van der Waals surface area contributed by atoms with Crippen LogP contribution >= 0.6 is 0 Å². The first kappa shape index (κ1) is 31.5. The molecule has 41 heavy (non-hydrogen) atoms. The van der Waals surface area contributed by atoms with Gasteiger partial charge in [0.05, 0.1) is 18.4 Å². The van der Waals surface area contributed by atoms with Gasteiger partial charge in [-0.3, -0.25) is 9.88 Å². The normalized spacial score (nSPS) is 18.5. The van der Waals surface area contributed by atoms with Gasteiger partial charge < -0.3 is 19.5 Å². The third-order valence-corrected chi connectivity index (χ3v) is 6.02. The number of halogens is 7. The summed E-state index contributed by atoms with van der Waals surface area (Å²) >= 11 is 0. The zero-order valence-electron chi connectivity index (χ0n) is 21.0. The number of aliphatic carboxylic acids is 2. The lowest BCUT2D eigenvalue weighted by molar-refractivity contribution is -0.193. The van der Waals surface area contributed by atoms with E-state index in [0.29, 0.717) is 6.61 Å². The molecule has 1 unspecified atom stereocenters. The molecule has 222 valence electrons. The van der Waals surface area contributed by atoms with Gasteiger partial charge in [0.15, 0.2) is 0 Å². The van der Waals surface area contributed by atoms with Crippen LogP contribution in [-0.4, -0.2) is 72.6 Å². The van der Waals surface area contributed by atoms with Crippen molar-refractivity contribution in [3.8, 4) is 11.3 Å². The number of fused-ring (bicyclic) bond motifs is 1. The van der Waals surface area contributed by atoms with E-state index in [9.17, 15) is 30.7 Å². The van der Waals surface area contributed by atoms with Gasteiger partial charge in [0.25, 0.3) is 0 Å². The molecule has 3 aromatic rings. The third kappa shape index (κ3) is 8.72. The van der Waals surface area contributed by atoms with Gasteiger partial charge in [-0.25, -0.2) is 19.0 Å². The number of hydrogen-bond donors (Lipinski definition) is 2. The van der Waals surface area contributed by atoms with Crippen LogP contribution in [0.3, 0.4) is 0 Å². The molecule has 4 heterocycles. The second-order valence-corrected chi connectivity index (χ2v) is 9.06. The van der Waals surface area contributed by atoms with Crippen molar-refractivity contribution in [2.45, 2.75) is 44.1 Å². The Morgan fingerprint density at radius 2 is 1.63 bits per heavy atom. The van der Waals surface area contributed by atoms with Crippen LogP contribution in [0.1, 0.15) is 17.8 Å². The Morgan fingerprint density at radius 1 is 0.976 bits per heavy atom. The van der Waals surface area contributed by atoms with Gasteiger partial charge in [0.2, 0.25) is 0 Å². The number of benzene rings is 1. The van der Waals surface area contributed by atoms with Gasteiger partial charge in [-0.15, -0.1) is 0 Å². The molecule has 2 aliphatic heterocycles. The topological polar surface area (TPSA) is 118 Å². The Labute approximate surface area is 227 Å². The van der Waals surface area contributed by atoms with Crippen LogP contribution in [0.15, 0.2) is 55.0 Å². The van der Waals surface area contributed by atoms with Gasteiger partial charge in [-0.05, 0) is 30.2 Å². The van der Waals surface area contributed by atoms with Crippen molar-refractivity contribution in [3.63, 3.8) is 0 Å². The van der Waals surface area contributed by atoms with E-state index in [1.807, 2.05) is 24.5 Å². The van der Waals surface area contributed by atoms with Crippen molar-refractivity contribution in [1.29, 1.82) is 0 Å². The fraction of sp³-hybridized carbons (Fsp3) is 0.360. The number of carboxylic acid groups (broad SMARTS) is 2. The van der Waals surface area contributed by atoms with Crippen molar-refractivity contribution in [1.82, 2.24) is 19.4 Å². The van der Waals surface area contributed by atoms with Crippen LogP contribution < -0.4 is 0 Å². The number of ether oxygens (including phenoxy) is 1. The molecule has 1 fully saturated rings. The van der Waals surface area contributed by atoms with Crippen molar-refractivity contribution < 1.29 is 55.3 Å². The molecule has 5 rings (SSSR count). The Kier molecular flexibility index (Phi) is 9.70. The van der Waals surface area contributed by atoms with E-state index in [-0.39, 0.29) is 11.4 Å². The fourth-order valence-corrected chi connectivity index (χ4v) is 4.19. The summed E-state index contributed by atoms with van der Waals surface area (Å²) in [6, 6.07) is 10.8. The monoisotopic (exact) mass is 592 g/mol. The number of pyridine rings is 1. The van der Waals surface area contributed by atoms with Gasteiger partial charge in [0.1, 0.15) is 23.8 Å². The lowest BCUT2D eigenvalue weighted by Crippen LogP contribution is -2.44. The minimum atomic E-state index is -5.08. The SMILES string of the molecule is Fc1cccc(-c2cnc3n2CC2(CCN(Cc4cccnc4)C2)OC3)c1.O=C(O)C(F)(F)F.O=C(O)C(F)(F)F. The van der Waals surface area contributed by atoms with E-state index in [0.717, 1.165) is 49.7 Å². The van der Waals surface area contributed by atoms with Crippen LogP contribution in [0.25, 0.3) is 11.3 Å². The maximum Gasteiger partial charge on any atom is 0.490 e. The molecule has 1 saturated heterocycles. The van der Waals surface area contributed by atoms with Crippen LogP contribution in [0, 0.1) is 5.82 Å². The number of hydrogen-bond acceptors (Lipinski definition) is 6. The average molecular weight is 592 g/mol. The van der Waals surface area contributed by atoms with E-state index in [4.69, 9.17) is 24.5 Å².